The second-order valence-corrected chi connectivity index (χ2v) is 4.88. The van der Waals surface area contributed by atoms with Gasteiger partial charge in [0, 0.05) is 31.1 Å². The number of nitrogens with one attached hydrogen (secondary N) is 1. The first-order chi connectivity index (χ1) is 8.24. The normalized spacial score (nSPS) is 28.5. The SMILES string of the molecule is CN1CCC2=NNC(c3ccc(F)cc3)C2C1. The Bertz CT molecular complexity index is 440. The fraction of sp³-hybridized carbons (Fsp3) is 0.462. The topological polar surface area (TPSA) is 27.6 Å². The first-order valence-electron chi connectivity index (χ1n) is 6.00. The van der Waals surface area contributed by atoms with E-state index in [0.29, 0.717) is 5.92 Å². The molecular weight excluding hydrogens is 217 g/mol. The standard InChI is InChI=1S/C13H16FN3/c1-17-7-6-12-11(8-17)13(16-15-12)9-2-4-10(14)5-3-9/h2-5,11,13,16H,6-8H2,1H3. The van der Waals surface area contributed by atoms with Crippen molar-refractivity contribution in [2.24, 2.45) is 11.0 Å². The zero-order chi connectivity index (χ0) is 11.8. The van der Waals surface area contributed by atoms with Crippen molar-refractivity contribution in [3.05, 3.63) is 35.6 Å². The van der Waals surface area contributed by atoms with Crippen molar-refractivity contribution >= 4 is 5.71 Å². The first-order valence-corrected chi connectivity index (χ1v) is 6.00. The highest BCUT2D eigenvalue weighted by molar-refractivity contribution is 5.89. The number of piperidine rings is 1. The molecule has 0 aromatic heterocycles. The number of hydrazone groups is 1. The van der Waals surface area contributed by atoms with Crippen molar-refractivity contribution < 1.29 is 4.39 Å². The Labute approximate surface area is 100 Å². The van der Waals surface area contributed by atoms with Gasteiger partial charge in [0.05, 0.1) is 6.04 Å². The largest absolute Gasteiger partial charge is 0.305 e. The van der Waals surface area contributed by atoms with Crippen molar-refractivity contribution in [1.82, 2.24) is 10.3 Å². The molecular formula is C13H16FN3. The van der Waals surface area contributed by atoms with Gasteiger partial charge in [0.25, 0.3) is 0 Å². The van der Waals surface area contributed by atoms with Crippen LogP contribution in [0.15, 0.2) is 29.4 Å². The summed E-state index contributed by atoms with van der Waals surface area (Å²) in [5, 5.41) is 4.42. The molecule has 0 saturated carbocycles. The van der Waals surface area contributed by atoms with Gasteiger partial charge in [0.2, 0.25) is 0 Å². The first kappa shape index (κ1) is 10.7. The minimum Gasteiger partial charge on any atom is -0.305 e. The third-order valence-corrected chi connectivity index (χ3v) is 3.66. The van der Waals surface area contributed by atoms with E-state index in [1.165, 1.54) is 17.8 Å². The molecule has 2 aliphatic heterocycles. The van der Waals surface area contributed by atoms with Crippen molar-refractivity contribution in [3.8, 4) is 0 Å². The zero-order valence-corrected chi connectivity index (χ0v) is 9.86. The van der Waals surface area contributed by atoms with E-state index in [2.05, 4.69) is 22.5 Å². The zero-order valence-electron chi connectivity index (χ0n) is 9.86. The predicted molar refractivity (Wildman–Crippen MR) is 65.3 cm³/mol. The summed E-state index contributed by atoms with van der Waals surface area (Å²) in [6.45, 7) is 2.10. The Kier molecular flexibility index (Phi) is 2.59. The minimum absolute atomic E-state index is 0.186. The van der Waals surface area contributed by atoms with Crippen LogP contribution in [0.2, 0.25) is 0 Å². The van der Waals surface area contributed by atoms with Gasteiger partial charge in [0.15, 0.2) is 0 Å². The highest BCUT2D eigenvalue weighted by atomic mass is 19.1. The second kappa shape index (κ2) is 4.11. The van der Waals surface area contributed by atoms with Crippen LogP contribution in [0.25, 0.3) is 0 Å². The molecule has 90 valence electrons. The lowest BCUT2D eigenvalue weighted by Gasteiger charge is -2.30. The number of rotatable bonds is 1. The summed E-state index contributed by atoms with van der Waals surface area (Å²) in [5.74, 6) is 0.243. The molecule has 0 radical (unpaired) electrons. The van der Waals surface area contributed by atoms with Crippen LogP contribution in [0.4, 0.5) is 4.39 Å². The maximum absolute atomic E-state index is 12.9. The fourth-order valence-electron chi connectivity index (χ4n) is 2.68. The van der Waals surface area contributed by atoms with Gasteiger partial charge < -0.3 is 10.3 Å². The summed E-state index contributed by atoms with van der Waals surface area (Å²) in [7, 11) is 2.14. The van der Waals surface area contributed by atoms with Gasteiger partial charge in [-0.05, 0) is 24.7 Å². The summed E-state index contributed by atoms with van der Waals surface area (Å²) in [6.07, 6.45) is 1.03. The van der Waals surface area contributed by atoms with E-state index >= 15 is 0 Å². The van der Waals surface area contributed by atoms with E-state index in [1.807, 2.05) is 12.1 Å². The Hall–Kier alpha value is -1.42. The molecule has 2 unspecified atom stereocenters. The summed E-state index contributed by atoms with van der Waals surface area (Å²) >= 11 is 0. The average Bonchev–Trinajstić information content (AvgIpc) is 2.73. The van der Waals surface area contributed by atoms with Gasteiger partial charge in [-0.2, -0.15) is 5.10 Å². The molecule has 2 atom stereocenters. The Morgan fingerprint density at radius 1 is 1.35 bits per heavy atom. The van der Waals surface area contributed by atoms with Crippen LogP contribution in [0.3, 0.4) is 0 Å². The van der Waals surface area contributed by atoms with Crippen LogP contribution in [0, 0.1) is 11.7 Å². The Balaban J connectivity index is 1.83. The second-order valence-electron chi connectivity index (χ2n) is 4.88. The number of halogens is 1. The third kappa shape index (κ3) is 1.93. The van der Waals surface area contributed by atoms with Crippen LogP contribution < -0.4 is 5.43 Å². The molecule has 3 nitrogen and oxygen atoms in total. The number of hydrogen-bond donors (Lipinski definition) is 1. The molecule has 2 aliphatic rings. The minimum atomic E-state index is -0.186. The lowest BCUT2D eigenvalue weighted by atomic mass is 9.87. The molecule has 1 N–H and O–H groups in total. The molecule has 17 heavy (non-hydrogen) atoms. The van der Waals surface area contributed by atoms with Gasteiger partial charge in [-0.25, -0.2) is 4.39 Å². The van der Waals surface area contributed by atoms with Gasteiger partial charge >= 0.3 is 0 Å². The van der Waals surface area contributed by atoms with Crippen LogP contribution in [-0.4, -0.2) is 30.7 Å². The van der Waals surface area contributed by atoms with Crippen molar-refractivity contribution in [3.63, 3.8) is 0 Å². The molecule has 3 rings (SSSR count). The molecule has 0 spiro atoms. The average molecular weight is 233 g/mol. The fourth-order valence-corrected chi connectivity index (χ4v) is 2.68. The molecule has 0 amide bonds. The Morgan fingerprint density at radius 2 is 2.12 bits per heavy atom. The quantitative estimate of drug-likeness (QED) is 0.800. The molecule has 1 fully saturated rings. The summed E-state index contributed by atoms with van der Waals surface area (Å²) in [4.78, 5) is 2.33. The van der Waals surface area contributed by atoms with Gasteiger partial charge in [-0.1, -0.05) is 12.1 Å². The smallest absolute Gasteiger partial charge is 0.123 e. The Morgan fingerprint density at radius 3 is 2.88 bits per heavy atom. The highest BCUT2D eigenvalue weighted by Crippen LogP contribution is 2.31. The van der Waals surface area contributed by atoms with E-state index in [1.54, 1.807) is 0 Å². The predicted octanol–water partition coefficient (Wildman–Crippen LogP) is 1.78. The number of benzene rings is 1. The van der Waals surface area contributed by atoms with Crippen molar-refractivity contribution in [2.75, 3.05) is 20.1 Å². The van der Waals surface area contributed by atoms with Gasteiger partial charge in [-0.3, -0.25) is 0 Å². The number of fused-ring (bicyclic) bond motifs is 1. The lowest BCUT2D eigenvalue weighted by Crippen LogP contribution is -2.39. The monoisotopic (exact) mass is 233 g/mol. The van der Waals surface area contributed by atoms with Gasteiger partial charge in [0.1, 0.15) is 5.82 Å². The van der Waals surface area contributed by atoms with E-state index in [-0.39, 0.29) is 11.9 Å². The van der Waals surface area contributed by atoms with Gasteiger partial charge in [-0.15, -0.1) is 0 Å². The van der Waals surface area contributed by atoms with Crippen LogP contribution >= 0.6 is 0 Å². The summed E-state index contributed by atoms with van der Waals surface area (Å²) in [5.41, 5.74) is 5.57. The van der Waals surface area contributed by atoms with Crippen LogP contribution in [0.5, 0.6) is 0 Å². The van der Waals surface area contributed by atoms with E-state index < -0.39 is 0 Å². The summed E-state index contributed by atoms with van der Waals surface area (Å²) < 4.78 is 12.9. The molecule has 1 aromatic rings. The number of likely N-dealkylation sites (tertiary alicyclic amines) is 1. The lowest BCUT2D eigenvalue weighted by molar-refractivity contribution is 0.272. The number of nitrogens with zero attached hydrogens (tertiary/aromatic N) is 2. The molecule has 1 saturated heterocycles. The van der Waals surface area contributed by atoms with E-state index in [9.17, 15) is 4.39 Å². The van der Waals surface area contributed by atoms with Crippen LogP contribution in [-0.2, 0) is 0 Å². The maximum atomic E-state index is 12.9. The maximum Gasteiger partial charge on any atom is 0.123 e. The molecule has 4 heteroatoms. The molecule has 1 aromatic carbocycles. The van der Waals surface area contributed by atoms with E-state index in [0.717, 1.165) is 25.1 Å². The van der Waals surface area contributed by atoms with Crippen molar-refractivity contribution in [1.29, 1.82) is 0 Å². The third-order valence-electron chi connectivity index (χ3n) is 3.66. The molecule has 2 heterocycles. The molecule has 0 aliphatic carbocycles. The van der Waals surface area contributed by atoms with Crippen molar-refractivity contribution in [2.45, 2.75) is 12.5 Å². The summed E-state index contributed by atoms with van der Waals surface area (Å²) in [6, 6.07) is 6.93. The highest BCUT2D eigenvalue weighted by Gasteiger charge is 2.35. The number of hydrogen-bond acceptors (Lipinski definition) is 3. The van der Waals surface area contributed by atoms with E-state index in [4.69, 9.17) is 0 Å². The molecule has 0 bridgehead atoms. The van der Waals surface area contributed by atoms with Crippen LogP contribution in [0.1, 0.15) is 18.0 Å².